The van der Waals surface area contributed by atoms with Crippen molar-refractivity contribution < 1.29 is 23.1 Å². The average molecular weight is 240 g/mol. The van der Waals surface area contributed by atoms with Gasteiger partial charge in [-0.15, -0.1) is 0 Å². The summed E-state index contributed by atoms with van der Waals surface area (Å²) in [7, 11) is 0. The van der Waals surface area contributed by atoms with Crippen LogP contribution in [0.25, 0.3) is 0 Å². The van der Waals surface area contributed by atoms with Gasteiger partial charge < -0.3 is 10.4 Å². The summed E-state index contributed by atoms with van der Waals surface area (Å²) in [6, 6.07) is 0. The highest BCUT2D eigenvalue weighted by Crippen LogP contribution is 2.26. The number of rotatable bonds is 3. The van der Waals surface area contributed by atoms with Crippen LogP contribution in [-0.2, 0) is 4.79 Å². The second-order valence-electron chi connectivity index (χ2n) is 4.10. The first-order valence-corrected chi connectivity index (χ1v) is 5.04. The molecule has 2 atom stereocenters. The minimum absolute atomic E-state index is 0.152. The molecule has 94 valence electrons. The Hall–Kier alpha value is -0.820. The molecule has 1 rings (SSSR count). The van der Waals surface area contributed by atoms with Gasteiger partial charge in [-0.05, 0) is 18.9 Å². The highest BCUT2D eigenvalue weighted by atomic mass is 19.4. The Bertz CT molecular complexity index is 270. The molecule has 2 unspecified atom stereocenters. The van der Waals surface area contributed by atoms with E-state index in [1.807, 2.05) is 0 Å². The quantitative estimate of drug-likeness (QED) is 0.675. The predicted molar refractivity (Wildman–Crippen MR) is 51.1 cm³/mol. The number of hydrogen-bond donors (Lipinski definition) is 3. The highest BCUT2D eigenvalue weighted by molar-refractivity contribution is 5.79. The molecular formula is C9H15F3N2O2. The van der Waals surface area contributed by atoms with Crippen LogP contribution in [0.5, 0.6) is 0 Å². The molecule has 0 bridgehead atoms. The van der Waals surface area contributed by atoms with Crippen molar-refractivity contribution in [2.45, 2.75) is 25.1 Å². The van der Waals surface area contributed by atoms with E-state index in [0.29, 0.717) is 13.1 Å². The molecule has 0 aromatic carbocycles. The second kappa shape index (κ2) is 4.58. The molecule has 0 amide bonds. The van der Waals surface area contributed by atoms with E-state index in [2.05, 4.69) is 10.6 Å². The van der Waals surface area contributed by atoms with E-state index in [1.165, 1.54) is 0 Å². The number of carbonyl (C=O) groups is 1. The molecule has 0 aromatic rings. The van der Waals surface area contributed by atoms with Crippen LogP contribution in [0, 0.1) is 5.92 Å². The zero-order chi connectivity index (χ0) is 12.4. The van der Waals surface area contributed by atoms with Crippen LogP contribution in [0.3, 0.4) is 0 Å². The topological polar surface area (TPSA) is 61.4 Å². The Kier molecular flexibility index (Phi) is 3.80. The van der Waals surface area contributed by atoms with Crippen molar-refractivity contribution in [1.82, 2.24) is 10.6 Å². The number of halogens is 3. The highest BCUT2D eigenvalue weighted by Gasteiger charge is 2.46. The Morgan fingerprint density at radius 1 is 1.62 bits per heavy atom. The Balaban J connectivity index is 2.76. The van der Waals surface area contributed by atoms with Crippen LogP contribution in [0.4, 0.5) is 13.2 Å². The smallest absolute Gasteiger partial charge is 0.401 e. The monoisotopic (exact) mass is 240 g/mol. The summed E-state index contributed by atoms with van der Waals surface area (Å²) < 4.78 is 36.3. The van der Waals surface area contributed by atoms with Crippen molar-refractivity contribution in [2.24, 2.45) is 5.92 Å². The van der Waals surface area contributed by atoms with E-state index in [-0.39, 0.29) is 12.3 Å². The number of carboxylic acids is 1. The van der Waals surface area contributed by atoms with E-state index in [4.69, 9.17) is 5.11 Å². The molecule has 7 heteroatoms. The fraction of sp³-hybridized carbons (Fsp3) is 0.889. The van der Waals surface area contributed by atoms with Gasteiger partial charge in [-0.3, -0.25) is 10.1 Å². The summed E-state index contributed by atoms with van der Waals surface area (Å²) in [6.07, 6.45) is -4.24. The minimum Gasteiger partial charge on any atom is -0.480 e. The lowest BCUT2D eigenvalue weighted by Gasteiger charge is -2.40. The van der Waals surface area contributed by atoms with Gasteiger partial charge in [0.25, 0.3) is 0 Å². The van der Waals surface area contributed by atoms with Crippen LogP contribution in [-0.4, -0.2) is 42.4 Å². The van der Waals surface area contributed by atoms with Gasteiger partial charge in [0.2, 0.25) is 0 Å². The van der Waals surface area contributed by atoms with Crippen LogP contribution in [0.2, 0.25) is 0 Å². The third-order valence-electron chi connectivity index (χ3n) is 2.97. The van der Waals surface area contributed by atoms with Crippen molar-refractivity contribution in [3.05, 3.63) is 0 Å². The number of hydrogen-bond acceptors (Lipinski definition) is 3. The van der Waals surface area contributed by atoms with Crippen LogP contribution in [0.1, 0.15) is 13.3 Å². The SMILES string of the molecule is CC1CNCCC1(NCC(F)(F)F)C(=O)O. The molecule has 3 N–H and O–H groups in total. The molecule has 1 fully saturated rings. The summed E-state index contributed by atoms with van der Waals surface area (Å²) in [6.45, 7) is 1.16. The third-order valence-corrected chi connectivity index (χ3v) is 2.97. The molecule has 0 aliphatic carbocycles. The fourth-order valence-electron chi connectivity index (χ4n) is 1.94. The predicted octanol–water partition coefficient (Wildman–Crippen LogP) is 0.591. The largest absolute Gasteiger partial charge is 0.480 e. The summed E-state index contributed by atoms with van der Waals surface area (Å²) in [5.74, 6) is -1.60. The first kappa shape index (κ1) is 13.2. The van der Waals surface area contributed by atoms with Crippen molar-refractivity contribution in [3.8, 4) is 0 Å². The Morgan fingerprint density at radius 3 is 2.69 bits per heavy atom. The first-order chi connectivity index (χ1) is 7.28. The lowest BCUT2D eigenvalue weighted by atomic mass is 9.79. The molecule has 0 spiro atoms. The Labute approximate surface area is 91.2 Å². The zero-order valence-corrected chi connectivity index (χ0v) is 8.90. The number of carboxylic acid groups (broad SMARTS) is 1. The molecule has 4 nitrogen and oxygen atoms in total. The van der Waals surface area contributed by atoms with Gasteiger partial charge in [0.1, 0.15) is 5.54 Å². The molecule has 0 saturated carbocycles. The first-order valence-electron chi connectivity index (χ1n) is 5.04. The zero-order valence-electron chi connectivity index (χ0n) is 8.90. The fourth-order valence-corrected chi connectivity index (χ4v) is 1.94. The van der Waals surface area contributed by atoms with E-state index >= 15 is 0 Å². The summed E-state index contributed by atoms with van der Waals surface area (Å²) in [5.41, 5.74) is -1.47. The summed E-state index contributed by atoms with van der Waals surface area (Å²) in [5, 5.41) is 14.2. The maximum atomic E-state index is 12.1. The number of aliphatic carboxylic acids is 1. The maximum Gasteiger partial charge on any atom is 0.401 e. The average Bonchev–Trinajstić information content (AvgIpc) is 2.15. The van der Waals surface area contributed by atoms with Gasteiger partial charge in [-0.25, -0.2) is 0 Å². The number of piperidine rings is 1. The lowest BCUT2D eigenvalue weighted by molar-refractivity contribution is -0.154. The summed E-state index contributed by atoms with van der Waals surface area (Å²) >= 11 is 0. The van der Waals surface area contributed by atoms with E-state index in [1.54, 1.807) is 6.92 Å². The van der Waals surface area contributed by atoms with Crippen LogP contribution >= 0.6 is 0 Å². The van der Waals surface area contributed by atoms with E-state index < -0.39 is 24.2 Å². The van der Waals surface area contributed by atoms with Crippen LogP contribution < -0.4 is 10.6 Å². The summed E-state index contributed by atoms with van der Waals surface area (Å²) in [4.78, 5) is 11.1. The van der Waals surface area contributed by atoms with Gasteiger partial charge in [-0.2, -0.15) is 13.2 Å². The van der Waals surface area contributed by atoms with Crippen molar-refractivity contribution in [3.63, 3.8) is 0 Å². The standard InChI is InChI=1S/C9H15F3N2O2/c1-6-4-13-3-2-8(6,7(15)16)14-5-9(10,11)12/h6,13-14H,2-5H2,1H3,(H,15,16). The molecule has 1 aliphatic heterocycles. The number of nitrogens with one attached hydrogen (secondary N) is 2. The molecule has 0 radical (unpaired) electrons. The minimum atomic E-state index is -4.40. The van der Waals surface area contributed by atoms with Gasteiger partial charge in [-0.1, -0.05) is 6.92 Å². The molecule has 1 saturated heterocycles. The molecule has 1 aliphatic rings. The normalized spacial score (nSPS) is 31.4. The van der Waals surface area contributed by atoms with Crippen LogP contribution in [0.15, 0.2) is 0 Å². The molecule has 0 aromatic heterocycles. The molecular weight excluding hydrogens is 225 g/mol. The van der Waals surface area contributed by atoms with Crippen molar-refractivity contribution in [2.75, 3.05) is 19.6 Å². The third kappa shape index (κ3) is 2.85. The molecule has 16 heavy (non-hydrogen) atoms. The van der Waals surface area contributed by atoms with E-state index in [9.17, 15) is 18.0 Å². The van der Waals surface area contributed by atoms with Crippen molar-refractivity contribution in [1.29, 1.82) is 0 Å². The molecule has 1 heterocycles. The van der Waals surface area contributed by atoms with Gasteiger partial charge >= 0.3 is 12.1 Å². The Morgan fingerprint density at radius 2 is 2.25 bits per heavy atom. The van der Waals surface area contributed by atoms with Crippen molar-refractivity contribution >= 4 is 5.97 Å². The van der Waals surface area contributed by atoms with Gasteiger partial charge in [0, 0.05) is 6.54 Å². The lowest BCUT2D eigenvalue weighted by Crippen LogP contribution is -2.64. The second-order valence-corrected chi connectivity index (χ2v) is 4.10. The number of alkyl halides is 3. The van der Waals surface area contributed by atoms with Gasteiger partial charge in [0.05, 0.1) is 6.54 Å². The van der Waals surface area contributed by atoms with E-state index in [0.717, 1.165) is 0 Å². The maximum absolute atomic E-state index is 12.1. The van der Waals surface area contributed by atoms with Gasteiger partial charge in [0.15, 0.2) is 0 Å².